The highest BCUT2D eigenvalue weighted by atomic mass is 14.9. The molecule has 0 aliphatic rings. The number of rotatable bonds is 5. The summed E-state index contributed by atoms with van der Waals surface area (Å²) in [7, 11) is 0. The van der Waals surface area contributed by atoms with Crippen LogP contribution < -0.4 is 10.3 Å². The van der Waals surface area contributed by atoms with Gasteiger partial charge in [-0.25, -0.2) is 4.57 Å². The van der Waals surface area contributed by atoms with Gasteiger partial charge in [0, 0.05) is 12.1 Å². The normalized spacial score (nSPS) is 12.8. The third kappa shape index (κ3) is 4.77. The number of hydrogen-bond acceptors (Lipinski definition) is 1. The molecule has 1 rings (SSSR count). The molecule has 2 N–H and O–H groups in total. The van der Waals surface area contributed by atoms with Crippen molar-refractivity contribution in [3.8, 4) is 0 Å². The van der Waals surface area contributed by atoms with Crippen LogP contribution >= 0.6 is 0 Å². The molecule has 0 bridgehead atoms. The molecule has 0 aromatic carbocycles. The average Bonchev–Trinajstić information content (AvgIpc) is 2.27. The third-order valence-electron chi connectivity index (χ3n) is 3.56. The second-order valence-corrected chi connectivity index (χ2v) is 7.06. The minimum absolute atomic E-state index is 0.245. The van der Waals surface area contributed by atoms with E-state index in [0.717, 1.165) is 6.54 Å². The fourth-order valence-corrected chi connectivity index (χ4v) is 2.04. The molecule has 0 saturated carbocycles. The molecule has 2 nitrogen and oxygen atoms in total. The molecule has 0 aliphatic carbocycles. The van der Waals surface area contributed by atoms with Gasteiger partial charge in [-0.2, -0.15) is 0 Å². The predicted molar refractivity (Wildman–Crippen MR) is 77.4 cm³/mol. The van der Waals surface area contributed by atoms with E-state index in [9.17, 15) is 0 Å². The first-order valence-corrected chi connectivity index (χ1v) is 6.94. The molecular formula is C16H29N2+. The molecule has 1 aromatic rings. The molecule has 0 spiro atoms. The Balaban J connectivity index is 2.72. The largest absolute Gasteiger partial charge is 0.325 e. The van der Waals surface area contributed by atoms with Gasteiger partial charge in [0.2, 0.25) is 0 Å². The van der Waals surface area contributed by atoms with Crippen molar-refractivity contribution in [2.45, 2.75) is 59.4 Å². The predicted octanol–water partition coefficient (Wildman–Crippen LogP) is 3.04. The van der Waals surface area contributed by atoms with Crippen molar-refractivity contribution < 1.29 is 4.57 Å². The Morgan fingerprint density at radius 2 is 1.56 bits per heavy atom. The smallest absolute Gasteiger partial charge is 0.169 e. The third-order valence-corrected chi connectivity index (χ3v) is 3.56. The molecule has 0 aliphatic heterocycles. The summed E-state index contributed by atoms with van der Waals surface area (Å²) in [6, 6.07) is 4.47. The fraction of sp³-hybridized carbons (Fsp3) is 0.688. The Hall–Kier alpha value is -0.890. The summed E-state index contributed by atoms with van der Waals surface area (Å²) >= 11 is 0. The lowest BCUT2D eigenvalue weighted by molar-refractivity contribution is -0.694. The molecule has 18 heavy (non-hydrogen) atoms. The molecule has 0 unspecified atom stereocenters. The van der Waals surface area contributed by atoms with Gasteiger partial charge in [-0.3, -0.25) is 0 Å². The minimum Gasteiger partial charge on any atom is -0.325 e. The van der Waals surface area contributed by atoms with Gasteiger partial charge in [0.1, 0.15) is 0 Å². The number of hydrogen-bond donors (Lipinski definition) is 1. The van der Waals surface area contributed by atoms with Gasteiger partial charge in [-0.15, -0.1) is 0 Å². The zero-order valence-corrected chi connectivity index (χ0v) is 12.7. The monoisotopic (exact) mass is 249 g/mol. The summed E-state index contributed by atoms with van der Waals surface area (Å²) in [5.41, 5.74) is 7.63. The summed E-state index contributed by atoms with van der Waals surface area (Å²) < 4.78 is 2.14. The molecule has 1 heterocycles. The van der Waals surface area contributed by atoms with Crippen LogP contribution in [0.25, 0.3) is 0 Å². The van der Waals surface area contributed by atoms with Gasteiger partial charge in [-0.1, -0.05) is 34.6 Å². The molecule has 0 saturated heterocycles. The number of nitrogens with two attached hydrogens (primary N) is 1. The maximum absolute atomic E-state index is 5.56. The van der Waals surface area contributed by atoms with Crippen LogP contribution in [-0.2, 0) is 12.0 Å². The quantitative estimate of drug-likeness (QED) is 0.799. The van der Waals surface area contributed by atoms with Gasteiger partial charge >= 0.3 is 0 Å². The van der Waals surface area contributed by atoms with E-state index in [1.807, 2.05) is 0 Å². The van der Waals surface area contributed by atoms with E-state index >= 15 is 0 Å². The molecular weight excluding hydrogens is 220 g/mol. The Morgan fingerprint density at radius 3 is 2.00 bits per heavy atom. The lowest BCUT2D eigenvalue weighted by atomic mass is 9.76. The highest BCUT2D eigenvalue weighted by Gasteiger charge is 2.24. The Morgan fingerprint density at radius 1 is 1.00 bits per heavy atom. The Labute approximate surface area is 112 Å². The Kier molecular flexibility index (Phi) is 4.92. The van der Waals surface area contributed by atoms with Gasteiger partial charge in [0.15, 0.2) is 18.9 Å². The number of nitrogens with zero attached hydrogens (tertiary/aromatic N) is 1. The van der Waals surface area contributed by atoms with Crippen LogP contribution in [-0.4, -0.2) is 6.54 Å². The summed E-state index contributed by atoms with van der Waals surface area (Å²) in [4.78, 5) is 0. The highest BCUT2D eigenvalue weighted by Crippen LogP contribution is 2.32. The zero-order valence-electron chi connectivity index (χ0n) is 12.7. The lowest BCUT2D eigenvalue weighted by Gasteiger charge is -2.29. The van der Waals surface area contributed by atoms with Gasteiger partial charge < -0.3 is 5.73 Å². The Bertz CT molecular complexity index is 358. The van der Waals surface area contributed by atoms with Crippen molar-refractivity contribution >= 4 is 0 Å². The summed E-state index contributed by atoms with van der Waals surface area (Å²) in [6.45, 7) is 13.2. The number of aromatic nitrogens is 1. The van der Waals surface area contributed by atoms with Crippen molar-refractivity contribution in [3.63, 3.8) is 0 Å². The summed E-state index contributed by atoms with van der Waals surface area (Å²) in [5, 5.41) is 0. The first-order valence-electron chi connectivity index (χ1n) is 6.94. The van der Waals surface area contributed by atoms with E-state index in [4.69, 9.17) is 5.73 Å². The summed E-state index contributed by atoms with van der Waals surface area (Å²) in [5.74, 6) is 0. The van der Waals surface area contributed by atoms with E-state index < -0.39 is 0 Å². The standard InChI is InChI=1S/C16H29N2/c1-15(2,3)8-9-16(4,5)14-6-11-18(12-7-14)13-10-17/h6-7,11-12H,8-10,13,17H2,1-5H3/q+1. The van der Waals surface area contributed by atoms with Crippen LogP contribution in [0.4, 0.5) is 0 Å². The van der Waals surface area contributed by atoms with Crippen molar-refractivity contribution in [2.75, 3.05) is 6.54 Å². The molecule has 0 radical (unpaired) electrons. The van der Waals surface area contributed by atoms with Crippen LogP contribution in [0.1, 0.15) is 53.0 Å². The highest BCUT2D eigenvalue weighted by molar-refractivity contribution is 5.18. The number of pyridine rings is 1. The average molecular weight is 249 g/mol. The van der Waals surface area contributed by atoms with Crippen LogP contribution in [0.2, 0.25) is 0 Å². The lowest BCUT2D eigenvalue weighted by Crippen LogP contribution is -2.37. The van der Waals surface area contributed by atoms with E-state index in [1.54, 1.807) is 0 Å². The second-order valence-electron chi connectivity index (χ2n) is 7.06. The van der Waals surface area contributed by atoms with E-state index in [2.05, 4.69) is 63.7 Å². The zero-order chi connectivity index (χ0) is 13.8. The first kappa shape index (κ1) is 15.2. The van der Waals surface area contributed by atoms with Crippen molar-refractivity contribution in [1.29, 1.82) is 0 Å². The van der Waals surface area contributed by atoms with Gasteiger partial charge in [-0.05, 0) is 29.2 Å². The van der Waals surface area contributed by atoms with E-state index in [1.165, 1.54) is 18.4 Å². The SMILES string of the molecule is CC(C)(C)CCC(C)(C)c1cc[n+](CCN)cc1. The minimum atomic E-state index is 0.245. The van der Waals surface area contributed by atoms with Gasteiger partial charge in [0.05, 0.1) is 6.54 Å². The van der Waals surface area contributed by atoms with Crippen LogP contribution in [0.5, 0.6) is 0 Å². The molecule has 0 atom stereocenters. The molecule has 1 aromatic heterocycles. The van der Waals surface area contributed by atoms with E-state index in [0.29, 0.717) is 12.0 Å². The second kappa shape index (κ2) is 5.83. The van der Waals surface area contributed by atoms with Gasteiger partial charge in [0.25, 0.3) is 0 Å². The molecule has 102 valence electrons. The molecule has 0 amide bonds. The van der Waals surface area contributed by atoms with Crippen LogP contribution in [0.3, 0.4) is 0 Å². The summed E-state index contributed by atoms with van der Waals surface area (Å²) in [6.07, 6.45) is 6.75. The maximum Gasteiger partial charge on any atom is 0.169 e. The molecule has 2 heteroatoms. The van der Waals surface area contributed by atoms with Crippen LogP contribution in [0, 0.1) is 5.41 Å². The van der Waals surface area contributed by atoms with Crippen molar-refractivity contribution in [2.24, 2.45) is 11.1 Å². The van der Waals surface area contributed by atoms with Crippen LogP contribution in [0.15, 0.2) is 24.5 Å². The maximum atomic E-state index is 5.56. The van der Waals surface area contributed by atoms with Crippen molar-refractivity contribution in [3.05, 3.63) is 30.1 Å². The first-order chi connectivity index (χ1) is 8.24. The topological polar surface area (TPSA) is 29.9 Å². The molecule has 0 fully saturated rings. The fourth-order valence-electron chi connectivity index (χ4n) is 2.04. The van der Waals surface area contributed by atoms with Crippen molar-refractivity contribution in [1.82, 2.24) is 0 Å². The van der Waals surface area contributed by atoms with E-state index in [-0.39, 0.29) is 5.41 Å².